The molecule has 4 heteroatoms. The van der Waals surface area contributed by atoms with Crippen molar-refractivity contribution in [3.63, 3.8) is 0 Å². The normalized spacial score (nSPS) is 16.1. The lowest BCUT2D eigenvalue weighted by atomic mass is 9.96. The molecule has 1 N–H and O–H groups in total. The molecule has 1 saturated heterocycles. The number of fused-ring (bicyclic) bond motifs is 1. The van der Waals surface area contributed by atoms with Gasteiger partial charge in [-0.25, -0.2) is 4.98 Å². The summed E-state index contributed by atoms with van der Waals surface area (Å²) in [6, 6.07) is 12.2. The van der Waals surface area contributed by atoms with Crippen molar-refractivity contribution in [2.75, 3.05) is 31.6 Å². The van der Waals surface area contributed by atoms with Crippen LogP contribution in [0.3, 0.4) is 0 Å². The monoisotopic (exact) mass is 280 g/mol. The van der Waals surface area contributed by atoms with Crippen LogP contribution in [0.5, 0.6) is 0 Å². The highest BCUT2D eigenvalue weighted by molar-refractivity contribution is 5.83. The average Bonchev–Trinajstić information content (AvgIpc) is 2.54. The molecule has 1 aliphatic heterocycles. The molecule has 0 amide bonds. The van der Waals surface area contributed by atoms with Crippen LogP contribution in [-0.4, -0.2) is 31.7 Å². The lowest BCUT2D eigenvalue weighted by molar-refractivity contribution is 0.392. The minimum absolute atomic E-state index is 0.681. The number of aromatic nitrogens is 1. The summed E-state index contributed by atoms with van der Waals surface area (Å²) in [4.78, 5) is 6.99. The zero-order chi connectivity index (χ0) is 14.7. The number of nitrogens with one attached hydrogen (secondary N) is 1. The van der Waals surface area contributed by atoms with Crippen molar-refractivity contribution in [1.29, 1.82) is 5.26 Å². The van der Waals surface area contributed by atoms with Crippen molar-refractivity contribution in [2.24, 2.45) is 5.92 Å². The third-order valence-corrected chi connectivity index (χ3v) is 4.23. The first kappa shape index (κ1) is 13.8. The van der Waals surface area contributed by atoms with E-state index in [4.69, 9.17) is 4.98 Å². The smallest absolute Gasteiger partial charge is 0.147 e. The molecule has 2 heterocycles. The largest absolute Gasteiger partial charge is 0.355 e. The number of hydrogen-bond donors (Lipinski definition) is 1. The van der Waals surface area contributed by atoms with Gasteiger partial charge in [-0.05, 0) is 44.5 Å². The van der Waals surface area contributed by atoms with Crippen LogP contribution >= 0.6 is 0 Å². The Labute approximate surface area is 125 Å². The van der Waals surface area contributed by atoms with Gasteiger partial charge >= 0.3 is 0 Å². The van der Waals surface area contributed by atoms with Gasteiger partial charge in [-0.2, -0.15) is 5.26 Å². The molecule has 0 aliphatic carbocycles. The molecule has 0 unspecified atom stereocenters. The van der Waals surface area contributed by atoms with Gasteiger partial charge in [0.15, 0.2) is 0 Å². The van der Waals surface area contributed by atoms with E-state index in [2.05, 4.69) is 16.3 Å². The fourth-order valence-electron chi connectivity index (χ4n) is 3.07. The van der Waals surface area contributed by atoms with Crippen molar-refractivity contribution in [3.8, 4) is 6.07 Å². The molecule has 3 rings (SSSR count). The number of nitriles is 1. The minimum atomic E-state index is 0.681. The molecule has 1 aliphatic rings. The third kappa shape index (κ3) is 2.84. The van der Waals surface area contributed by atoms with Gasteiger partial charge < -0.3 is 10.2 Å². The van der Waals surface area contributed by atoms with Crippen molar-refractivity contribution < 1.29 is 0 Å². The van der Waals surface area contributed by atoms with E-state index in [1.54, 1.807) is 0 Å². The highest BCUT2D eigenvalue weighted by atomic mass is 15.2. The minimum Gasteiger partial charge on any atom is -0.355 e. The predicted molar refractivity (Wildman–Crippen MR) is 85.3 cm³/mol. The number of rotatable bonds is 3. The maximum absolute atomic E-state index is 9.42. The van der Waals surface area contributed by atoms with Crippen LogP contribution in [0.15, 0.2) is 30.3 Å². The lowest BCUT2D eigenvalue weighted by Crippen LogP contribution is -2.37. The van der Waals surface area contributed by atoms with Crippen molar-refractivity contribution in [2.45, 2.75) is 12.8 Å². The molecular formula is C17H20N4. The number of benzene rings is 1. The van der Waals surface area contributed by atoms with Crippen molar-refractivity contribution in [3.05, 3.63) is 35.9 Å². The summed E-state index contributed by atoms with van der Waals surface area (Å²) in [6.45, 7) is 3.03. The Hall–Kier alpha value is -2.12. The third-order valence-electron chi connectivity index (χ3n) is 4.23. The molecule has 21 heavy (non-hydrogen) atoms. The number of anilines is 1. The number of nitrogens with zero attached hydrogens (tertiary/aromatic N) is 3. The van der Waals surface area contributed by atoms with E-state index in [0.717, 1.165) is 55.1 Å². The average molecular weight is 280 g/mol. The molecule has 1 fully saturated rings. The molecule has 1 aromatic carbocycles. The van der Waals surface area contributed by atoms with Gasteiger partial charge in [-0.15, -0.1) is 0 Å². The van der Waals surface area contributed by atoms with Gasteiger partial charge in [-0.1, -0.05) is 18.2 Å². The van der Waals surface area contributed by atoms with E-state index in [9.17, 15) is 5.26 Å². The first-order valence-electron chi connectivity index (χ1n) is 7.51. The van der Waals surface area contributed by atoms with Crippen LogP contribution in [0.1, 0.15) is 18.4 Å². The van der Waals surface area contributed by atoms with Crippen LogP contribution in [0.2, 0.25) is 0 Å². The van der Waals surface area contributed by atoms with E-state index < -0.39 is 0 Å². The highest BCUT2D eigenvalue weighted by Crippen LogP contribution is 2.27. The summed E-state index contributed by atoms with van der Waals surface area (Å²) in [5.41, 5.74) is 1.64. The summed E-state index contributed by atoms with van der Waals surface area (Å²) >= 11 is 0. The molecule has 0 saturated carbocycles. The lowest BCUT2D eigenvalue weighted by Gasteiger charge is -2.33. The summed E-state index contributed by atoms with van der Waals surface area (Å²) in [5, 5.41) is 13.7. The second-order valence-corrected chi connectivity index (χ2v) is 5.65. The van der Waals surface area contributed by atoms with Gasteiger partial charge in [0, 0.05) is 18.5 Å². The summed E-state index contributed by atoms with van der Waals surface area (Å²) in [6.07, 6.45) is 2.31. The quantitative estimate of drug-likeness (QED) is 0.938. The maximum atomic E-state index is 9.42. The zero-order valence-electron chi connectivity index (χ0n) is 12.3. The first-order valence-corrected chi connectivity index (χ1v) is 7.51. The molecule has 0 atom stereocenters. The first-order chi connectivity index (χ1) is 10.3. The SMILES string of the molecule is CNCC1CCN(c2nc3ccccc3cc2C#N)CC1. The van der Waals surface area contributed by atoms with Gasteiger partial charge in [-0.3, -0.25) is 0 Å². The molecular weight excluding hydrogens is 260 g/mol. The summed E-state index contributed by atoms with van der Waals surface area (Å²) in [7, 11) is 2.01. The summed E-state index contributed by atoms with van der Waals surface area (Å²) < 4.78 is 0. The molecule has 4 nitrogen and oxygen atoms in total. The Morgan fingerprint density at radius 3 is 2.81 bits per heavy atom. The summed E-state index contributed by atoms with van der Waals surface area (Å²) in [5.74, 6) is 1.58. The standard InChI is InChI=1S/C17H20N4/c1-19-12-13-6-8-21(9-7-13)17-15(11-18)10-14-4-2-3-5-16(14)20-17/h2-5,10,13,19H,6-9,12H2,1H3. The van der Waals surface area contributed by atoms with Crippen LogP contribution in [-0.2, 0) is 0 Å². The fourth-order valence-corrected chi connectivity index (χ4v) is 3.07. The Bertz CT molecular complexity index is 666. The van der Waals surface area contributed by atoms with E-state index in [1.807, 2.05) is 37.4 Å². The zero-order valence-corrected chi connectivity index (χ0v) is 12.3. The molecule has 2 aromatic rings. The van der Waals surface area contributed by atoms with Crippen LogP contribution in [0.25, 0.3) is 10.9 Å². The number of hydrogen-bond acceptors (Lipinski definition) is 4. The fraction of sp³-hybridized carbons (Fsp3) is 0.412. The maximum Gasteiger partial charge on any atom is 0.147 e. The Balaban J connectivity index is 1.88. The van der Waals surface area contributed by atoms with Gasteiger partial charge in [0.1, 0.15) is 11.9 Å². The Morgan fingerprint density at radius 1 is 1.33 bits per heavy atom. The highest BCUT2D eigenvalue weighted by Gasteiger charge is 2.22. The topological polar surface area (TPSA) is 52.0 Å². The van der Waals surface area contributed by atoms with E-state index in [1.165, 1.54) is 0 Å². The molecule has 108 valence electrons. The van der Waals surface area contributed by atoms with E-state index in [-0.39, 0.29) is 0 Å². The number of pyridine rings is 1. The second kappa shape index (κ2) is 6.11. The van der Waals surface area contributed by atoms with Crippen molar-refractivity contribution in [1.82, 2.24) is 10.3 Å². The predicted octanol–water partition coefficient (Wildman–Crippen LogP) is 2.54. The Kier molecular flexibility index (Phi) is 4.03. The van der Waals surface area contributed by atoms with Gasteiger partial charge in [0.05, 0.1) is 11.1 Å². The molecule has 0 radical (unpaired) electrons. The van der Waals surface area contributed by atoms with E-state index >= 15 is 0 Å². The van der Waals surface area contributed by atoms with Crippen LogP contribution in [0.4, 0.5) is 5.82 Å². The van der Waals surface area contributed by atoms with Gasteiger partial charge in [0.2, 0.25) is 0 Å². The number of para-hydroxylation sites is 1. The van der Waals surface area contributed by atoms with Crippen molar-refractivity contribution >= 4 is 16.7 Å². The van der Waals surface area contributed by atoms with Gasteiger partial charge in [0.25, 0.3) is 0 Å². The molecule has 0 spiro atoms. The Morgan fingerprint density at radius 2 is 2.10 bits per heavy atom. The van der Waals surface area contributed by atoms with Crippen LogP contribution < -0.4 is 10.2 Å². The van der Waals surface area contributed by atoms with E-state index in [0.29, 0.717) is 5.56 Å². The van der Waals surface area contributed by atoms with Crippen LogP contribution in [0, 0.1) is 17.2 Å². The second-order valence-electron chi connectivity index (χ2n) is 5.65. The molecule has 0 bridgehead atoms. The number of piperidine rings is 1. The molecule has 1 aromatic heterocycles.